The van der Waals surface area contributed by atoms with Crippen LogP contribution >= 0.6 is 0 Å². The quantitative estimate of drug-likeness (QED) is 0.527. The Bertz CT molecular complexity index is 182. The van der Waals surface area contributed by atoms with Crippen LogP contribution in [0.2, 0.25) is 0 Å². The lowest BCUT2D eigenvalue weighted by Gasteiger charge is -2.15. The second-order valence-corrected chi connectivity index (χ2v) is 2.59. The van der Waals surface area contributed by atoms with Gasteiger partial charge >= 0.3 is 0 Å². The van der Waals surface area contributed by atoms with Gasteiger partial charge < -0.3 is 0 Å². The molecule has 0 radical (unpaired) electrons. The van der Waals surface area contributed by atoms with Crippen molar-refractivity contribution in [2.75, 3.05) is 0 Å². The first-order valence-corrected chi connectivity index (χ1v) is 3.47. The van der Waals surface area contributed by atoms with Gasteiger partial charge in [-0.3, -0.25) is 19.3 Å². The molecule has 0 N–H and O–H groups in total. The van der Waals surface area contributed by atoms with E-state index in [9.17, 15) is 14.4 Å². The van der Waals surface area contributed by atoms with E-state index < -0.39 is 0 Å². The van der Waals surface area contributed by atoms with E-state index in [-0.39, 0.29) is 11.8 Å². The summed E-state index contributed by atoms with van der Waals surface area (Å²) in [7, 11) is 0. The van der Waals surface area contributed by atoms with Gasteiger partial charge in [0.05, 0.1) is 0 Å². The zero-order valence-corrected chi connectivity index (χ0v) is 6.03. The van der Waals surface area contributed by atoms with Crippen LogP contribution in [0.1, 0.15) is 19.3 Å². The van der Waals surface area contributed by atoms with E-state index in [0.717, 1.165) is 4.90 Å². The zero-order chi connectivity index (χ0) is 8.27. The Balaban J connectivity index is 2.53. The van der Waals surface area contributed by atoms with Crippen LogP contribution in [0.15, 0.2) is 0 Å². The summed E-state index contributed by atoms with van der Waals surface area (Å²) in [6, 6.07) is -0.183. The summed E-state index contributed by atoms with van der Waals surface area (Å²) in [4.78, 5) is 32.2. The molecule has 4 nitrogen and oxygen atoms in total. The normalized spacial score (nSPS) is 23.3. The number of hydrogen-bond donors (Lipinski definition) is 0. The number of rotatable bonds is 3. The molecule has 0 aromatic rings. The molecule has 1 unspecified atom stereocenters. The molecule has 1 aliphatic carbocycles. The third-order valence-electron chi connectivity index (χ3n) is 1.88. The molecule has 0 heterocycles. The molecule has 1 aliphatic rings. The third kappa shape index (κ3) is 1.63. The lowest BCUT2D eigenvalue weighted by Crippen LogP contribution is -2.30. The molecule has 0 bridgehead atoms. The summed E-state index contributed by atoms with van der Waals surface area (Å²) < 4.78 is 0. The Labute approximate surface area is 64.2 Å². The van der Waals surface area contributed by atoms with Gasteiger partial charge in [-0.2, -0.15) is 0 Å². The van der Waals surface area contributed by atoms with Gasteiger partial charge in [0, 0.05) is 18.9 Å². The van der Waals surface area contributed by atoms with Crippen molar-refractivity contribution in [1.82, 2.24) is 4.90 Å². The highest BCUT2D eigenvalue weighted by Crippen LogP contribution is 2.18. The van der Waals surface area contributed by atoms with Gasteiger partial charge in [-0.15, -0.1) is 0 Å². The van der Waals surface area contributed by atoms with Crippen molar-refractivity contribution in [3.63, 3.8) is 0 Å². The van der Waals surface area contributed by atoms with Crippen molar-refractivity contribution in [1.29, 1.82) is 0 Å². The summed E-state index contributed by atoms with van der Waals surface area (Å²) in [5.41, 5.74) is 0. The number of hydrogen-bond acceptors (Lipinski definition) is 3. The lowest BCUT2D eigenvalue weighted by atomic mass is 10.2. The van der Waals surface area contributed by atoms with Crippen molar-refractivity contribution < 1.29 is 14.4 Å². The van der Waals surface area contributed by atoms with Crippen LogP contribution < -0.4 is 0 Å². The minimum Gasteiger partial charge on any atom is -0.300 e. The summed E-state index contributed by atoms with van der Waals surface area (Å²) in [6.45, 7) is 0. The standard InChI is InChI=1S/C7H9NO3/c9-4-8(5-10)6-1-2-7(11)3-6/h4-6H,1-3H2. The number of imide groups is 1. The van der Waals surface area contributed by atoms with E-state index in [0.29, 0.717) is 32.1 Å². The third-order valence-corrected chi connectivity index (χ3v) is 1.88. The molecule has 1 rings (SSSR count). The summed E-state index contributed by atoms with van der Waals surface area (Å²) in [6.07, 6.45) is 2.38. The van der Waals surface area contributed by atoms with Crippen LogP contribution in [0, 0.1) is 0 Å². The van der Waals surface area contributed by atoms with Gasteiger partial charge in [-0.1, -0.05) is 0 Å². The van der Waals surface area contributed by atoms with Crippen molar-refractivity contribution in [3.05, 3.63) is 0 Å². The predicted molar refractivity (Wildman–Crippen MR) is 36.6 cm³/mol. The maximum Gasteiger partial charge on any atom is 0.216 e. The fraction of sp³-hybridized carbons (Fsp3) is 0.571. The van der Waals surface area contributed by atoms with Crippen LogP contribution in [0.5, 0.6) is 0 Å². The van der Waals surface area contributed by atoms with E-state index >= 15 is 0 Å². The lowest BCUT2D eigenvalue weighted by molar-refractivity contribution is -0.131. The van der Waals surface area contributed by atoms with Gasteiger partial charge in [0.15, 0.2) is 0 Å². The fourth-order valence-corrected chi connectivity index (χ4v) is 1.25. The number of carbonyl (C=O) groups is 3. The van der Waals surface area contributed by atoms with Gasteiger partial charge in [0.1, 0.15) is 5.78 Å². The Morgan fingerprint density at radius 3 is 2.36 bits per heavy atom. The average Bonchev–Trinajstić information content (AvgIpc) is 2.39. The molecule has 1 saturated carbocycles. The van der Waals surface area contributed by atoms with Crippen molar-refractivity contribution >= 4 is 18.6 Å². The number of carbonyl (C=O) groups excluding carboxylic acids is 3. The summed E-state index contributed by atoms with van der Waals surface area (Å²) in [5.74, 6) is 0.128. The summed E-state index contributed by atoms with van der Waals surface area (Å²) >= 11 is 0. The molecule has 0 aromatic heterocycles. The minimum absolute atomic E-state index is 0.128. The van der Waals surface area contributed by atoms with Crippen LogP contribution in [-0.4, -0.2) is 29.5 Å². The van der Waals surface area contributed by atoms with E-state index in [4.69, 9.17) is 0 Å². The van der Waals surface area contributed by atoms with Gasteiger partial charge in [-0.05, 0) is 6.42 Å². The molecule has 4 heteroatoms. The molecule has 1 fully saturated rings. The average molecular weight is 155 g/mol. The Morgan fingerprint density at radius 1 is 1.36 bits per heavy atom. The largest absolute Gasteiger partial charge is 0.300 e. The van der Waals surface area contributed by atoms with Gasteiger partial charge in [0.25, 0.3) is 0 Å². The van der Waals surface area contributed by atoms with Crippen LogP contribution in [0.3, 0.4) is 0 Å². The molecule has 60 valence electrons. The molecule has 0 aliphatic heterocycles. The maximum atomic E-state index is 10.7. The highest BCUT2D eigenvalue weighted by molar-refractivity contribution is 5.83. The number of Topliss-reactive ketones (excluding diaryl/α,β-unsaturated/α-hetero) is 1. The highest BCUT2D eigenvalue weighted by Gasteiger charge is 2.26. The van der Waals surface area contributed by atoms with E-state index in [1.165, 1.54) is 0 Å². The second-order valence-electron chi connectivity index (χ2n) is 2.59. The van der Waals surface area contributed by atoms with E-state index in [2.05, 4.69) is 0 Å². The fourth-order valence-electron chi connectivity index (χ4n) is 1.25. The Hall–Kier alpha value is -1.19. The topological polar surface area (TPSA) is 54.5 Å². The molecule has 0 spiro atoms. The van der Waals surface area contributed by atoms with Gasteiger partial charge in [-0.25, -0.2) is 0 Å². The molecular weight excluding hydrogens is 146 g/mol. The maximum absolute atomic E-state index is 10.7. The number of nitrogens with zero attached hydrogens (tertiary/aromatic N) is 1. The zero-order valence-electron chi connectivity index (χ0n) is 6.03. The summed E-state index contributed by atoms with van der Waals surface area (Å²) in [5, 5.41) is 0. The molecular formula is C7H9NO3. The van der Waals surface area contributed by atoms with Crippen molar-refractivity contribution in [2.45, 2.75) is 25.3 Å². The molecule has 1 atom stereocenters. The van der Waals surface area contributed by atoms with Crippen molar-refractivity contribution in [2.24, 2.45) is 0 Å². The van der Waals surface area contributed by atoms with Crippen LogP contribution in [0.25, 0.3) is 0 Å². The Kier molecular flexibility index (Phi) is 2.36. The molecule has 0 aromatic carbocycles. The molecule has 2 amide bonds. The van der Waals surface area contributed by atoms with E-state index in [1.54, 1.807) is 0 Å². The monoisotopic (exact) mass is 155 g/mol. The second kappa shape index (κ2) is 3.27. The number of ketones is 1. The molecule has 11 heavy (non-hydrogen) atoms. The van der Waals surface area contributed by atoms with E-state index in [1.807, 2.05) is 0 Å². The number of amides is 2. The molecule has 0 saturated heterocycles. The van der Waals surface area contributed by atoms with Crippen LogP contribution in [-0.2, 0) is 14.4 Å². The first-order valence-electron chi connectivity index (χ1n) is 3.47. The smallest absolute Gasteiger partial charge is 0.216 e. The minimum atomic E-state index is -0.183. The van der Waals surface area contributed by atoms with Crippen molar-refractivity contribution in [3.8, 4) is 0 Å². The van der Waals surface area contributed by atoms with Gasteiger partial charge in [0.2, 0.25) is 12.8 Å². The predicted octanol–water partition coefficient (Wildman–Crippen LogP) is -0.277. The Morgan fingerprint density at radius 2 is 2.00 bits per heavy atom. The van der Waals surface area contributed by atoms with Crippen LogP contribution in [0.4, 0.5) is 0 Å². The highest BCUT2D eigenvalue weighted by atomic mass is 16.2. The first-order chi connectivity index (χ1) is 5.27. The SMILES string of the molecule is O=CN(C=O)C1CCC(=O)C1. The first kappa shape index (κ1) is 7.91.